The van der Waals surface area contributed by atoms with Crippen LogP contribution < -0.4 is 4.31 Å². The van der Waals surface area contributed by atoms with Gasteiger partial charge >= 0.3 is 5.97 Å². The zero-order valence-electron chi connectivity index (χ0n) is 13.0. The van der Waals surface area contributed by atoms with Gasteiger partial charge in [0.25, 0.3) is 10.0 Å². The lowest BCUT2D eigenvalue weighted by molar-refractivity contribution is 0.0691. The molecule has 1 atom stereocenters. The van der Waals surface area contributed by atoms with Crippen molar-refractivity contribution in [2.24, 2.45) is 0 Å². The second kappa shape index (κ2) is 5.13. The van der Waals surface area contributed by atoms with Crippen molar-refractivity contribution in [1.29, 1.82) is 0 Å². The Morgan fingerprint density at radius 3 is 2.57 bits per heavy atom. The summed E-state index contributed by atoms with van der Waals surface area (Å²) < 4.78 is 32.9. The van der Waals surface area contributed by atoms with Crippen LogP contribution in [0.4, 0.5) is 5.69 Å². The first-order valence-electron chi connectivity index (χ1n) is 7.20. The average molecular weight is 335 g/mol. The Morgan fingerprint density at radius 2 is 1.91 bits per heavy atom. The van der Waals surface area contributed by atoms with E-state index in [9.17, 15) is 18.3 Å². The molecule has 3 rings (SSSR count). The topological polar surface area (TPSA) is 87.8 Å². The van der Waals surface area contributed by atoms with Gasteiger partial charge in [0.05, 0.1) is 5.69 Å². The van der Waals surface area contributed by atoms with Crippen molar-refractivity contribution in [3.8, 4) is 0 Å². The summed E-state index contributed by atoms with van der Waals surface area (Å²) in [4.78, 5) is 11.2. The number of rotatable bonds is 3. The van der Waals surface area contributed by atoms with E-state index in [1.165, 1.54) is 18.2 Å². The summed E-state index contributed by atoms with van der Waals surface area (Å²) in [5.74, 6) is -1.12. The maximum Gasteiger partial charge on any atom is 0.340 e. The monoisotopic (exact) mass is 335 g/mol. The molecule has 6 nitrogen and oxygen atoms in total. The van der Waals surface area contributed by atoms with Crippen LogP contribution >= 0.6 is 0 Å². The molecule has 2 aromatic rings. The number of carboxylic acid groups (broad SMARTS) is 1. The number of para-hydroxylation sites is 1. The standard InChI is InChI=1S/C16H17NO5S/c1-9-8-12-6-4-5-7-13(12)17(9)23(20,21)15-11(3)22-10(2)14(15)16(18)19/h4-7,9H,8H2,1-3H3,(H,18,19). The predicted octanol–water partition coefficient (Wildman–Crippen LogP) is 2.73. The van der Waals surface area contributed by atoms with Crippen LogP contribution in [-0.4, -0.2) is 25.5 Å². The highest BCUT2D eigenvalue weighted by molar-refractivity contribution is 7.93. The minimum atomic E-state index is -4.03. The van der Waals surface area contributed by atoms with Gasteiger partial charge in [0, 0.05) is 6.04 Å². The Hall–Kier alpha value is -2.28. The number of anilines is 1. The summed E-state index contributed by atoms with van der Waals surface area (Å²) in [5, 5.41) is 9.38. The van der Waals surface area contributed by atoms with Crippen LogP contribution in [0.3, 0.4) is 0 Å². The van der Waals surface area contributed by atoms with Gasteiger partial charge in [0.1, 0.15) is 22.0 Å². The van der Waals surface area contributed by atoms with E-state index in [4.69, 9.17) is 4.42 Å². The Bertz CT molecular complexity index is 897. The molecule has 0 bridgehead atoms. The zero-order chi connectivity index (χ0) is 16.9. The molecule has 122 valence electrons. The lowest BCUT2D eigenvalue weighted by Gasteiger charge is -2.24. The van der Waals surface area contributed by atoms with Crippen LogP contribution in [0.2, 0.25) is 0 Å². The maximum absolute atomic E-state index is 13.2. The first-order chi connectivity index (χ1) is 10.7. The molecule has 2 heterocycles. The van der Waals surface area contributed by atoms with Crippen LogP contribution in [0.15, 0.2) is 33.6 Å². The lowest BCUT2D eigenvalue weighted by atomic mass is 10.1. The highest BCUT2D eigenvalue weighted by atomic mass is 32.2. The minimum absolute atomic E-state index is 0.0914. The zero-order valence-corrected chi connectivity index (χ0v) is 13.8. The van der Waals surface area contributed by atoms with E-state index in [2.05, 4.69) is 0 Å². The molecule has 1 N–H and O–H groups in total. The van der Waals surface area contributed by atoms with Gasteiger partial charge in [0.2, 0.25) is 0 Å². The second-order valence-corrected chi connectivity index (χ2v) is 7.46. The van der Waals surface area contributed by atoms with Crippen LogP contribution in [0.25, 0.3) is 0 Å². The van der Waals surface area contributed by atoms with Crippen LogP contribution in [0, 0.1) is 13.8 Å². The number of fused-ring (bicyclic) bond motifs is 1. The molecule has 0 fully saturated rings. The smallest absolute Gasteiger partial charge is 0.340 e. The minimum Gasteiger partial charge on any atom is -0.478 e. The molecule has 1 aromatic heterocycles. The summed E-state index contributed by atoms with van der Waals surface area (Å²) in [6.45, 7) is 4.73. The molecular formula is C16H17NO5S. The first-order valence-corrected chi connectivity index (χ1v) is 8.64. The molecule has 0 saturated heterocycles. The molecule has 0 amide bonds. The fraction of sp³-hybridized carbons (Fsp3) is 0.312. The third-order valence-electron chi connectivity index (χ3n) is 4.08. The molecule has 1 aliphatic heterocycles. The largest absolute Gasteiger partial charge is 0.478 e. The van der Waals surface area contributed by atoms with Crippen molar-refractivity contribution < 1.29 is 22.7 Å². The molecule has 1 aliphatic rings. The fourth-order valence-corrected chi connectivity index (χ4v) is 5.30. The molecule has 1 aromatic carbocycles. The van der Waals surface area contributed by atoms with Crippen LogP contribution in [0.5, 0.6) is 0 Å². The van der Waals surface area contributed by atoms with Crippen molar-refractivity contribution in [1.82, 2.24) is 0 Å². The van der Waals surface area contributed by atoms with E-state index in [0.29, 0.717) is 12.1 Å². The van der Waals surface area contributed by atoms with E-state index in [1.807, 2.05) is 12.1 Å². The molecule has 0 aliphatic carbocycles. The number of aryl methyl sites for hydroxylation is 2. The number of aromatic carboxylic acids is 1. The van der Waals surface area contributed by atoms with E-state index < -0.39 is 16.0 Å². The first kappa shape index (κ1) is 15.6. The van der Waals surface area contributed by atoms with E-state index >= 15 is 0 Å². The van der Waals surface area contributed by atoms with Gasteiger partial charge in [-0.2, -0.15) is 0 Å². The Morgan fingerprint density at radius 1 is 1.26 bits per heavy atom. The van der Waals surface area contributed by atoms with Crippen molar-refractivity contribution >= 4 is 21.7 Å². The highest BCUT2D eigenvalue weighted by Gasteiger charge is 2.41. The average Bonchev–Trinajstić information content (AvgIpc) is 2.94. The van der Waals surface area contributed by atoms with Gasteiger partial charge < -0.3 is 9.52 Å². The van der Waals surface area contributed by atoms with Gasteiger partial charge in [-0.3, -0.25) is 4.31 Å². The fourth-order valence-electron chi connectivity index (χ4n) is 3.22. The Labute approximate surface area is 134 Å². The third-order valence-corrected chi connectivity index (χ3v) is 6.16. The Kier molecular flexibility index (Phi) is 3.48. The number of hydrogen-bond acceptors (Lipinski definition) is 4. The molecule has 1 unspecified atom stereocenters. The van der Waals surface area contributed by atoms with Crippen molar-refractivity contribution in [2.45, 2.75) is 38.1 Å². The van der Waals surface area contributed by atoms with E-state index in [1.54, 1.807) is 19.1 Å². The number of furan rings is 1. The molecular weight excluding hydrogens is 318 g/mol. The SMILES string of the molecule is Cc1oc(C)c(S(=O)(=O)N2c3ccccc3CC2C)c1C(=O)O. The summed E-state index contributed by atoms with van der Waals surface area (Å²) in [5.41, 5.74) is 1.23. The number of benzene rings is 1. The van der Waals surface area contributed by atoms with E-state index in [-0.39, 0.29) is 28.0 Å². The quantitative estimate of drug-likeness (QED) is 0.932. The summed E-state index contributed by atoms with van der Waals surface area (Å²) in [7, 11) is -4.03. The summed E-state index contributed by atoms with van der Waals surface area (Å²) in [6, 6.07) is 6.96. The van der Waals surface area contributed by atoms with Gasteiger partial charge in [0.15, 0.2) is 0 Å². The summed E-state index contributed by atoms with van der Waals surface area (Å²) >= 11 is 0. The highest BCUT2D eigenvalue weighted by Crippen LogP contribution is 2.39. The van der Waals surface area contributed by atoms with Crippen molar-refractivity contribution in [3.63, 3.8) is 0 Å². The van der Waals surface area contributed by atoms with E-state index in [0.717, 1.165) is 5.56 Å². The number of nitrogens with zero attached hydrogens (tertiary/aromatic N) is 1. The number of carbonyl (C=O) groups is 1. The molecule has 7 heteroatoms. The number of carboxylic acids is 1. The van der Waals surface area contributed by atoms with Crippen LogP contribution in [0.1, 0.15) is 34.4 Å². The van der Waals surface area contributed by atoms with Gasteiger partial charge in [-0.25, -0.2) is 13.2 Å². The third kappa shape index (κ3) is 2.23. The lowest BCUT2D eigenvalue weighted by Crippen LogP contribution is -2.36. The Balaban J connectivity index is 2.24. The van der Waals surface area contributed by atoms with Crippen LogP contribution in [-0.2, 0) is 16.4 Å². The van der Waals surface area contributed by atoms with Gasteiger partial charge in [-0.05, 0) is 38.8 Å². The summed E-state index contributed by atoms with van der Waals surface area (Å²) in [6.07, 6.45) is 0.591. The molecule has 0 saturated carbocycles. The number of hydrogen-bond donors (Lipinski definition) is 1. The maximum atomic E-state index is 13.2. The number of sulfonamides is 1. The van der Waals surface area contributed by atoms with Crippen molar-refractivity contribution in [2.75, 3.05) is 4.31 Å². The van der Waals surface area contributed by atoms with Gasteiger partial charge in [-0.15, -0.1) is 0 Å². The molecule has 23 heavy (non-hydrogen) atoms. The second-order valence-electron chi connectivity index (χ2n) is 5.71. The normalized spacial score (nSPS) is 17.3. The molecule has 0 radical (unpaired) electrons. The molecule has 0 spiro atoms. The predicted molar refractivity (Wildman–Crippen MR) is 84.4 cm³/mol. The van der Waals surface area contributed by atoms with Crippen molar-refractivity contribution in [3.05, 3.63) is 46.9 Å². The van der Waals surface area contributed by atoms with Gasteiger partial charge in [-0.1, -0.05) is 18.2 Å².